The molecule has 0 fully saturated rings. The Balaban J connectivity index is 0.000000317. The van der Waals surface area contributed by atoms with Crippen LogP contribution in [-0.4, -0.2) is 56.3 Å². The molecule has 0 bridgehead atoms. The Labute approximate surface area is 215 Å². The van der Waals surface area contributed by atoms with Gasteiger partial charge in [0, 0.05) is 22.4 Å². The van der Waals surface area contributed by atoms with Crippen molar-refractivity contribution in [3.63, 3.8) is 0 Å². The van der Waals surface area contributed by atoms with Gasteiger partial charge >= 0.3 is 24.3 Å². The van der Waals surface area contributed by atoms with Crippen LogP contribution in [0, 0.1) is 11.3 Å². The first kappa shape index (κ1) is 30.4. The number of aliphatic carboxylic acids is 2. The number of aromatic amines is 1. The zero-order valence-electron chi connectivity index (χ0n) is 19.8. The van der Waals surface area contributed by atoms with Gasteiger partial charge in [-0.15, -0.1) is 0 Å². The lowest BCUT2D eigenvalue weighted by molar-refractivity contribution is -0.193. The van der Waals surface area contributed by atoms with Gasteiger partial charge < -0.3 is 20.7 Å². The fourth-order valence-corrected chi connectivity index (χ4v) is 3.43. The summed E-state index contributed by atoms with van der Waals surface area (Å²) < 4.78 is 69.3. The number of anilines is 1. The van der Waals surface area contributed by atoms with Crippen LogP contribution in [0.3, 0.4) is 0 Å². The first-order valence-electron chi connectivity index (χ1n) is 10.7. The number of alkyl halides is 6. The summed E-state index contributed by atoms with van der Waals surface area (Å²) >= 11 is 0. The lowest BCUT2D eigenvalue weighted by Gasteiger charge is -2.22. The van der Waals surface area contributed by atoms with E-state index in [1.807, 2.05) is 31.2 Å². The second kappa shape index (κ2) is 12.2. The van der Waals surface area contributed by atoms with Crippen LogP contribution in [-0.2, 0) is 22.4 Å². The molecule has 0 amide bonds. The molecule has 1 aromatic carbocycles. The van der Waals surface area contributed by atoms with E-state index in [4.69, 9.17) is 30.3 Å². The summed E-state index contributed by atoms with van der Waals surface area (Å²) in [6, 6.07) is 9.97. The predicted molar refractivity (Wildman–Crippen MR) is 122 cm³/mol. The summed E-state index contributed by atoms with van der Waals surface area (Å²) in [4.78, 5) is 22.3. The molecule has 0 atom stereocenters. The van der Waals surface area contributed by atoms with E-state index in [2.05, 4.69) is 21.3 Å². The number of aryl methyl sites for hydroxylation is 1. The molecule has 0 radical (unpaired) electrons. The Kier molecular flexibility index (Phi) is 9.48. The molecule has 0 spiro atoms. The van der Waals surface area contributed by atoms with Gasteiger partial charge in [-0.25, -0.2) is 14.6 Å². The fraction of sp³-hybridized carbons (Fsp3) is 0.261. The van der Waals surface area contributed by atoms with E-state index in [9.17, 15) is 31.6 Å². The van der Waals surface area contributed by atoms with Gasteiger partial charge in [0.25, 0.3) is 0 Å². The summed E-state index contributed by atoms with van der Waals surface area (Å²) in [7, 11) is 0. The van der Waals surface area contributed by atoms with E-state index in [0.29, 0.717) is 12.2 Å². The Morgan fingerprint density at radius 2 is 1.64 bits per heavy atom. The maximum atomic E-state index is 10.6. The number of rotatable bonds is 3. The van der Waals surface area contributed by atoms with E-state index < -0.39 is 24.3 Å². The number of aromatic nitrogens is 3. The molecule has 5 N–H and O–H groups in total. The average molecular weight is 559 g/mol. The number of carbonyl (C=O) groups is 2. The van der Waals surface area contributed by atoms with E-state index in [0.717, 1.165) is 52.2 Å². The zero-order chi connectivity index (χ0) is 29.5. The Morgan fingerprint density at radius 3 is 2.15 bits per heavy atom. The van der Waals surface area contributed by atoms with Crippen LogP contribution >= 0.6 is 0 Å². The number of nitrogens with zero attached hydrogens (tertiary/aromatic N) is 3. The smallest absolute Gasteiger partial charge is 0.490 e. The third-order valence-corrected chi connectivity index (χ3v) is 4.98. The number of fused-ring (bicyclic) bond motifs is 3. The Hall–Kier alpha value is -4.81. The molecular formula is C23H19F6N5O5. The number of pyridine rings is 1. The summed E-state index contributed by atoms with van der Waals surface area (Å²) in [5, 5.41) is 31.1. The largest absolute Gasteiger partial charge is 0.493 e. The first-order valence-corrected chi connectivity index (χ1v) is 10.7. The monoisotopic (exact) mass is 559 g/mol. The summed E-state index contributed by atoms with van der Waals surface area (Å²) in [6.45, 7) is 2.49. The molecule has 39 heavy (non-hydrogen) atoms. The van der Waals surface area contributed by atoms with Gasteiger partial charge in [-0.3, -0.25) is 5.10 Å². The van der Waals surface area contributed by atoms with Gasteiger partial charge in [-0.2, -0.15) is 36.7 Å². The number of nitrogen functional groups attached to an aromatic ring is 1. The Morgan fingerprint density at radius 1 is 1.08 bits per heavy atom. The van der Waals surface area contributed by atoms with Crippen LogP contribution in [0.4, 0.5) is 32.2 Å². The van der Waals surface area contributed by atoms with Crippen molar-refractivity contribution in [3.05, 3.63) is 47.3 Å². The SMILES string of the molecule is CCOc1ccccc1-c1c(C#N)c(N)nc2c1CCc1[nH]ncc1-2.O=C(O)C(F)(F)F.O=C(O)C(F)(F)F. The quantitative estimate of drug-likeness (QED) is 0.340. The van der Waals surface area contributed by atoms with Crippen molar-refractivity contribution >= 4 is 17.8 Å². The molecule has 208 valence electrons. The highest BCUT2D eigenvalue weighted by molar-refractivity contribution is 5.88. The van der Waals surface area contributed by atoms with Crippen molar-refractivity contribution in [1.29, 1.82) is 5.26 Å². The topological polar surface area (TPSA) is 175 Å². The van der Waals surface area contributed by atoms with Crippen LogP contribution in [0.1, 0.15) is 23.7 Å². The number of carboxylic acids is 2. The van der Waals surface area contributed by atoms with Crippen molar-refractivity contribution in [3.8, 4) is 34.2 Å². The minimum Gasteiger partial charge on any atom is -0.493 e. The van der Waals surface area contributed by atoms with Crippen LogP contribution < -0.4 is 10.5 Å². The molecule has 2 aromatic heterocycles. The standard InChI is InChI=1S/C19H17N5O.2C2HF3O2/c1-2-25-16-6-4-3-5-11(16)17-12-7-8-15-14(10-22-24-15)18(12)23-19(21)13(17)9-20;2*3-2(4,5)1(6)7/h3-6,10H,2,7-8H2,1H3,(H2,21,23)(H,22,24);2*(H,6,7). The number of para-hydroxylation sites is 1. The lowest BCUT2D eigenvalue weighted by Crippen LogP contribution is -2.21. The van der Waals surface area contributed by atoms with Crippen molar-refractivity contribution in [1.82, 2.24) is 15.2 Å². The van der Waals surface area contributed by atoms with Crippen molar-refractivity contribution in [2.24, 2.45) is 0 Å². The van der Waals surface area contributed by atoms with Crippen molar-refractivity contribution in [2.45, 2.75) is 32.1 Å². The second-order valence-electron chi connectivity index (χ2n) is 7.48. The second-order valence-corrected chi connectivity index (χ2v) is 7.48. The molecule has 2 heterocycles. The fourth-order valence-electron chi connectivity index (χ4n) is 3.43. The average Bonchev–Trinajstić information content (AvgIpc) is 3.33. The highest BCUT2D eigenvalue weighted by Gasteiger charge is 2.39. The summed E-state index contributed by atoms with van der Waals surface area (Å²) in [5.41, 5.74) is 12.1. The minimum absolute atomic E-state index is 0.233. The van der Waals surface area contributed by atoms with Crippen LogP contribution in [0.25, 0.3) is 22.4 Å². The molecule has 1 aliphatic rings. The number of carboxylic acid groups (broad SMARTS) is 2. The molecule has 3 aromatic rings. The van der Waals surface area contributed by atoms with Gasteiger partial charge in [0.05, 0.1) is 18.5 Å². The number of nitrogens with two attached hydrogens (primary N) is 1. The Bertz CT molecular complexity index is 1370. The highest BCUT2D eigenvalue weighted by Crippen LogP contribution is 2.43. The maximum Gasteiger partial charge on any atom is 0.490 e. The number of hydrogen-bond acceptors (Lipinski definition) is 7. The van der Waals surface area contributed by atoms with E-state index >= 15 is 0 Å². The van der Waals surface area contributed by atoms with Crippen LogP contribution in [0.5, 0.6) is 5.75 Å². The minimum atomic E-state index is -5.08. The molecule has 10 nitrogen and oxygen atoms in total. The third-order valence-electron chi connectivity index (χ3n) is 4.98. The molecule has 16 heteroatoms. The normalized spacial score (nSPS) is 11.8. The van der Waals surface area contributed by atoms with Gasteiger partial charge in [-0.1, -0.05) is 18.2 Å². The van der Waals surface area contributed by atoms with E-state index in [1.165, 1.54) is 0 Å². The summed E-state index contributed by atoms with van der Waals surface area (Å²) in [5.74, 6) is -4.54. The zero-order valence-corrected chi connectivity index (χ0v) is 19.8. The number of halogens is 6. The number of benzene rings is 1. The van der Waals surface area contributed by atoms with Gasteiger partial charge in [0.15, 0.2) is 0 Å². The van der Waals surface area contributed by atoms with E-state index in [1.54, 1.807) is 6.20 Å². The predicted octanol–water partition coefficient (Wildman–Crippen LogP) is 4.36. The number of nitrogens with one attached hydrogen (secondary N) is 1. The maximum absolute atomic E-state index is 10.6. The van der Waals surface area contributed by atoms with Crippen LogP contribution in [0.2, 0.25) is 0 Å². The first-order chi connectivity index (χ1) is 18.1. The highest BCUT2D eigenvalue weighted by atomic mass is 19.4. The van der Waals surface area contributed by atoms with E-state index in [-0.39, 0.29) is 5.82 Å². The third kappa shape index (κ3) is 7.37. The lowest BCUT2D eigenvalue weighted by atomic mass is 9.85. The molecular weight excluding hydrogens is 540 g/mol. The molecule has 0 aliphatic heterocycles. The van der Waals surface area contributed by atoms with Gasteiger partial charge in [-0.05, 0) is 31.4 Å². The van der Waals surface area contributed by atoms with Crippen molar-refractivity contribution < 1.29 is 50.9 Å². The molecule has 4 rings (SSSR count). The summed E-state index contributed by atoms with van der Waals surface area (Å²) in [6.07, 6.45) is -6.81. The van der Waals surface area contributed by atoms with Gasteiger partial charge in [0.1, 0.15) is 23.2 Å². The molecule has 0 unspecified atom stereocenters. The van der Waals surface area contributed by atoms with Crippen molar-refractivity contribution in [2.75, 3.05) is 12.3 Å². The number of ether oxygens (including phenoxy) is 1. The van der Waals surface area contributed by atoms with Crippen LogP contribution in [0.15, 0.2) is 30.5 Å². The number of H-pyrrole nitrogens is 1. The number of hydrogen-bond donors (Lipinski definition) is 4. The molecule has 1 aliphatic carbocycles. The number of nitriles is 1. The molecule has 0 saturated heterocycles. The molecule has 0 saturated carbocycles. The van der Waals surface area contributed by atoms with Gasteiger partial charge in [0.2, 0.25) is 0 Å².